The molecule has 0 heterocycles. The lowest BCUT2D eigenvalue weighted by atomic mass is 10.0. The normalized spacial score (nSPS) is 9.08. The van der Waals surface area contributed by atoms with Crippen molar-refractivity contribution in [3.8, 4) is 40.2 Å². The van der Waals surface area contributed by atoms with Crippen LogP contribution in [-0.2, 0) is 6.42 Å². The number of carboxylic acid groups (broad SMARTS) is 2. The topological polar surface area (TPSA) is 206 Å². The summed E-state index contributed by atoms with van der Waals surface area (Å²) >= 11 is 3.13. The molecule has 0 atom stereocenters. The third-order valence-corrected chi connectivity index (χ3v) is 8.50. The van der Waals surface area contributed by atoms with Gasteiger partial charge in [-0.05, 0) is 139 Å². The minimum Gasteiger partial charge on any atom is -0.508 e. The molecule has 0 unspecified atom stereocenters. The zero-order chi connectivity index (χ0) is 53.4. The van der Waals surface area contributed by atoms with Crippen LogP contribution in [0.5, 0.6) is 40.2 Å². The molecule has 0 saturated heterocycles. The lowest BCUT2D eigenvalue weighted by molar-refractivity contribution is 0.0686. The first-order valence-electron chi connectivity index (χ1n) is 22.0. The van der Waals surface area contributed by atoms with Gasteiger partial charge in [0.15, 0.2) is 5.78 Å². The fourth-order valence-electron chi connectivity index (χ4n) is 4.77. The zero-order valence-corrected chi connectivity index (χ0v) is 42.0. The highest BCUT2D eigenvalue weighted by Gasteiger charge is 2.11. The molecule has 0 saturated carbocycles. The number of esters is 1. The van der Waals surface area contributed by atoms with Gasteiger partial charge in [-0.3, -0.25) is 4.79 Å². The van der Waals surface area contributed by atoms with Crippen LogP contribution in [0.4, 0.5) is 0 Å². The molecule has 5 N–H and O–H groups in total. The standard InChI is InChI=1S/C27H24O5.C10H10O3.C7H6O3.C6H6O2.C3H5Br.2C2H6/c1-3-17-30-23-13-7-21(8-14-23)26(28)19-20-5-11-25(12-6-20)32-27(29)22-9-15-24(16-10-22)31-18-4-2;1-2-7-13-9-5-3-8(4-6-9)10(11)12;8-6-3-1-5(2-4-6)7(9)10;7-5-1-2-6(8)4-3-5;1-2-3-4;2*1-2/h3-16H,1-2,17-19H2;2-6H,1,7H2,(H,11,12);1-4,8H,(H,9,10);1-4,7-8H;2H,1,3H2;2*1-2H3. The van der Waals surface area contributed by atoms with Crippen molar-refractivity contribution in [2.24, 2.45) is 0 Å². The summed E-state index contributed by atoms with van der Waals surface area (Å²) in [6, 6.07) is 37.9. The molecule has 6 aromatic rings. The Bertz CT molecular complexity index is 2340. The van der Waals surface area contributed by atoms with Crippen LogP contribution < -0.4 is 18.9 Å². The van der Waals surface area contributed by atoms with E-state index in [4.69, 9.17) is 44.5 Å². The quantitative estimate of drug-likeness (QED) is 0.0144. The van der Waals surface area contributed by atoms with Crippen molar-refractivity contribution in [1.29, 1.82) is 0 Å². The molecule has 6 aromatic carbocycles. The van der Waals surface area contributed by atoms with Crippen LogP contribution in [0.3, 0.4) is 0 Å². The number of carbonyl (C=O) groups is 4. The average molecular weight is 1040 g/mol. The number of benzene rings is 6. The largest absolute Gasteiger partial charge is 0.508 e. The van der Waals surface area contributed by atoms with Crippen LogP contribution in [0, 0.1) is 0 Å². The number of phenolic OH excluding ortho intramolecular Hbond substituents is 3. The summed E-state index contributed by atoms with van der Waals surface area (Å²) < 4.78 is 21.4. The van der Waals surface area contributed by atoms with Gasteiger partial charge in [-0.15, -0.1) is 6.58 Å². The molecule has 0 aliphatic carbocycles. The van der Waals surface area contributed by atoms with Gasteiger partial charge in [0.2, 0.25) is 0 Å². The maximum atomic E-state index is 12.5. The molecule has 376 valence electrons. The number of rotatable bonds is 17. The van der Waals surface area contributed by atoms with Gasteiger partial charge in [0.25, 0.3) is 0 Å². The molecule has 14 heteroatoms. The number of Topliss-reactive ketones (excluding diaryl/α,β-unsaturated/α-hetero) is 1. The maximum absolute atomic E-state index is 12.5. The van der Waals surface area contributed by atoms with Crippen molar-refractivity contribution < 1.29 is 63.7 Å². The van der Waals surface area contributed by atoms with Crippen LogP contribution in [0.25, 0.3) is 0 Å². The molecular weight excluding hydrogens is 973 g/mol. The monoisotopic (exact) mass is 1030 g/mol. The number of ketones is 1. The van der Waals surface area contributed by atoms with Crippen molar-refractivity contribution in [1.82, 2.24) is 0 Å². The SMILES string of the molecule is C=CCBr.C=CCOc1ccc(C(=O)Cc2ccc(OC(=O)c3ccc(OCC=C)cc3)cc2)cc1.C=CCOc1ccc(C(=O)O)cc1.CC.CC.O=C(O)c1ccc(O)cc1.Oc1ccc(O)cc1. The van der Waals surface area contributed by atoms with Gasteiger partial charge in [0.05, 0.1) is 16.7 Å². The van der Waals surface area contributed by atoms with Crippen LogP contribution in [0.1, 0.15) is 74.7 Å². The number of carboxylic acids is 2. The number of ether oxygens (including phenoxy) is 4. The summed E-state index contributed by atoms with van der Waals surface area (Å²) in [6.07, 6.45) is 6.98. The van der Waals surface area contributed by atoms with Crippen LogP contribution in [0.15, 0.2) is 196 Å². The van der Waals surface area contributed by atoms with E-state index in [1.54, 1.807) is 109 Å². The predicted molar refractivity (Wildman–Crippen MR) is 284 cm³/mol. The number of alkyl halides is 1. The number of hydrogen-bond acceptors (Lipinski definition) is 11. The van der Waals surface area contributed by atoms with Crippen molar-refractivity contribution >= 4 is 39.6 Å². The van der Waals surface area contributed by atoms with Gasteiger partial charge < -0.3 is 44.5 Å². The number of carbonyl (C=O) groups excluding carboxylic acids is 2. The lowest BCUT2D eigenvalue weighted by Gasteiger charge is -2.08. The smallest absolute Gasteiger partial charge is 0.343 e. The van der Waals surface area contributed by atoms with Crippen LogP contribution in [0.2, 0.25) is 0 Å². The van der Waals surface area contributed by atoms with Crippen molar-refractivity contribution in [2.75, 3.05) is 25.2 Å². The number of aromatic hydroxyl groups is 3. The Hall–Kier alpha value is -8.36. The number of halogens is 1. The number of allylic oxidation sites excluding steroid dienone is 1. The Kier molecular flexibility index (Phi) is 34.0. The summed E-state index contributed by atoms with van der Waals surface area (Å²) in [5, 5.41) is 43.9. The molecule has 71 heavy (non-hydrogen) atoms. The van der Waals surface area contributed by atoms with Gasteiger partial charge in [-0.2, -0.15) is 0 Å². The summed E-state index contributed by atoms with van der Waals surface area (Å²) in [5.41, 5.74) is 2.27. The number of aromatic carboxylic acids is 2. The lowest BCUT2D eigenvalue weighted by Crippen LogP contribution is -2.08. The first-order valence-corrected chi connectivity index (χ1v) is 23.1. The van der Waals surface area contributed by atoms with Crippen LogP contribution in [-0.4, -0.2) is 74.4 Å². The van der Waals surface area contributed by atoms with Gasteiger partial charge in [0, 0.05) is 17.3 Å². The third kappa shape index (κ3) is 27.9. The molecule has 0 aromatic heterocycles. The third-order valence-electron chi connectivity index (χ3n) is 8.04. The van der Waals surface area contributed by atoms with E-state index in [2.05, 4.69) is 42.2 Å². The zero-order valence-electron chi connectivity index (χ0n) is 40.4. The van der Waals surface area contributed by atoms with E-state index in [1.165, 1.54) is 60.7 Å². The van der Waals surface area contributed by atoms with Gasteiger partial charge in [0.1, 0.15) is 60.1 Å². The van der Waals surface area contributed by atoms with Crippen LogP contribution >= 0.6 is 15.9 Å². The molecule has 0 aliphatic rings. The van der Waals surface area contributed by atoms with E-state index in [0.717, 1.165) is 10.9 Å². The fraction of sp³-hybridized carbons (Fsp3) is 0.158. The van der Waals surface area contributed by atoms with Crippen molar-refractivity contribution in [3.63, 3.8) is 0 Å². The summed E-state index contributed by atoms with van der Waals surface area (Å²) in [5.74, 6) is 0.394. The van der Waals surface area contributed by atoms with Crippen molar-refractivity contribution in [2.45, 2.75) is 34.1 Å². The highest BCUT2D eigenvalue weighted by molar-refractivity contribution is 9.09. The Labute approximate surface area is 425 Å². The average Bonchev–Trinajstić information content (AvgIpc) is 3.40. The maximum Gasteiger partial charge on any atom is 0.343 e. The molecule has 0 radical (unpaired) electrons. The number of hydrogen-bond donors (Lipinski definition) is 5. The Morgan fingerprint density at radius 1 is 0.437 bits per heavy atom. The van der Waals surface area contributed by atoms with Gasteiger partial charge >= 0.3 is 17.9 Å². The Balaban J connectivity index is 0.00000102. The molecule has 6 rings (SSSR count). The fourth-order valence-corrected chi connectivity index (χ4v) is 4.77. The number of phenols is 3. The molecule has 0 fully saturated rings. The van der Waals surface area contributed by atoms with E-state index >= 15 is 0 Å². The molecule has 0 aliphatic heterocycles. The molecule has 0 bridgehead atoms. The highest BCUT2D eigenvalue weighted by atomic mass is 79.9. The second kappa shape index (κ2) is 38.6. The van der Waals surface area contributed by atoms with E-state index in [9.17, 15) is 19.2 Å². The van der Waals surface area contributed by atoms with E-state index < -0.39 is 17.9 Å². The van der Waals surface area contributed by atoms with Crippen molar-refractivity contribution in [3.05, 3.63) is 224 Å². The Morgan fingerprint density at radius 3 is 1.03 bits per heavy atom. The van der Waals surface area contributed by atoms with Gasteiger partial charge in [-0.25, -0.2) is 14.4 Å². The summed E-state index contributed by atoms with van der Waals surface area (Å²) in [4.78, 5) is 45.6. The second-order valence-corrected chi connectivity index (χ2v) is 13.8. The predicted octanol–water partition coefficient (Wildman–Crippen LogP) is 13.2. The molecule has 0 spiro atoms. The minimum absolute atomic E-state index is 0.0104. The second-order valence-electron chi connectivity index (χ2n) is 13.1. The van der Waals surface area contributed by atoms with E-state index in [-0.39, 0.29) is 40.6 Å². The molecule has 13 nitrogen and oxygen atoms in total. The summed E-state index contributed by atoms with van der Waals surface area (Å²) in [7, 11) is 0. The van der Waals surface area contributed by atoms with E-state index in [0.29, 0.717) is 53.9 Å². The molecular formula is C57H63BrO13. The van der Waals surface area contributed by atoms with E-state index in [1.807, 2.05) is 27.7 Å². The first-order chi connectivity index (χ1) is 34.2. The summed E-state index contributed by atoms with van der Waals surface area (Å²) in [6.45, 7) is 23.4. The molecule has 0 amide bonds. The minimum atomic E-state index is -0.986. The highest BCUT2D eigenvalue weighted by Crippen LogP contribution is 2.20. The Morgan fingerprint density at radius 2 is 0.718 bits per heavy atom. The first kappa shape index (κ1) is 62.6. The van der Waals surface area contributed by atoms with Gasteiger partial charge in [-0.1, -0.05) is 99.8 Å².